The van der Waals surface area contributed by atoms with E-state index < -0.39 is 10.0 Å². The van der Waals surface area contributed by atoms with Gasteiger partial charge in [0.25, 0.3) is 0 Å². The summed E-state index contributed by atoms with van der Waals surface area (Å²) < 4.78 is 31.1. The van der Waals surface area contributed by atoms with Crippen LogP contribution in [0.1, 0.15) is 12.8 Å². The molecular formula is C12H18N2O3S. The van der Waals surface area contributed by atoms with E-state index in [1.54, 1.807) is 24.3 Å². The molecule has 18 heavy (non-hydrogen) atoms. The van der Waals surface area contributed by atoms with Crippen LogP contribution in [0.5, 0.6) is 5.75 Å². The van der Waals surface area contributed by atoms with Crippen LogP contribution in [0.3, 0.4) is 0 Å². The van der Waals surface area contributed by atoms with Crippen LogP contribution in [-0.2, 0) is 10.0 Å². The quantitative estimate of drug-likeness (QED) is 0.724. The van der Waals surface area contributed by atoms with Crippen LogP contribution < -0.4 is 15.2 Å². The molecule has 0 bridgehead atoms. The van der Waals surface area contributed by atoms with E-state index in [-0.39, 0.29) is 12.4 Å². The minimum Gasteiger partial charge on any atom is -0.492 e. The van der Waals surface area contributed by atoms with E-state index in [9.17, 15) is 8.42 Å². The van der Waals surface area contributed by atoms with Crippen molar-refractivity contribution in [2.24, 2.45) is 5.92 Å². The first kappa shape index (κ1) is 13.2. The molecule has 0 radical (unpaired) electrons. The summed E-state index contributed by atoms with van der Waals surface area (Å²) in [6.07, 6.45) is 2.25. The van der Waals surface area contributed by atoms with Crippen LogP contribution in [0.25, 0.3) is 0 Å². The molecule has 0 unspecified atom stereocenters. The Morgan fingerprint density at radius 3 is 2.83 bits per heavy atom. The van der Waals surface area contributed by atoms with Crippen molar-refractivity contribution in [3.8, 4) is 5.75 Å². The highest BCUT2D eigenvalue weighted by Gasteiger charge is 2.23. The molecule has 0 atom stereocenters. The maximum absolute atomic E-state index is 11.6. The van der Waals surface area contributed by atoms with Crippen molar-refractivity contribution in [3.05, 3.63) is 24.3 Å². The number of hydrogen-bond acceptors (Lipinski definition) is 4. The van der Waals surface area contributed by atoms with E-state index in [1.165, 1.54) is 0 Å². The number of anilines is 1. The Morgan fingerprint density at radius 2 is 2.17 bits per heavy atom. The minimum atomic E-state index is -3.22. The summed E-state index contributed by atoms with van der Waals surface area (Å²) in [7, 11) is -3.22. The highest BCUT2D eigenvalue weighted by atomic mass is 32.2. The fourth-order valence-corrected chi connectivity index (χ4v) is 2.45. The fourth-order valence-electron chi connectivity index (χ4n) is 1.51. The van der Waals surface area contributed by atoms with Gasteiger partial charge in [-0.1, -0.05) is 6.07 Å². The van der Waals surface area contributed by atoms with Crippen molar-refractivity contribution >= 4 is 15.7 Å². The predicted octanol–water partition coefficient (Wildman–Crippen LogP) is 0.977. The number of nitrogens with two attached hydrogens (primary N) is 1. The van der Waals surface area contributed by atoms with E-state index in [4.69, 9.17) is 10.5 Å². The molecule has 6 heteroatoms. The molecule has 1 aliphatic carbocycles. The lowest BCUT2D eigenvalue weighted by atomic mass is 10.3. The summed E-state index contributed by atoms with van der Waals surface area (Å²) in [5.41, 5.74) is 6.19. The van der Waals surface area contributed by atoms with Crippen molar-refractivity contribution < 1.29 is 13.2 Å². The summed E-state index contributed by atoms with van der Waals surface area (Å²) in [5, 5.41) is 0. The molecule has 1 aromatic carbocycles. The Labute approximate surface area is 107 Å². The van der Waals surface area contributed by atoms with Crippen LogP contribution in [0, 0.1) is 5.92 Å². The van der Waals surface area contributed by atoms with Crippen molar-refractivity contribution in [3.63, 3.8) is 0 Å². The van der Waals surface area contributed by atoms with Gasteiger partial charge < -0.3 is 10.5 Å². The molecule has 100 valence electrons. The number of nitrogen functional groups attached to an aromatic ring is 1. The molecule has 0 spiro atoms. The minimum absolute atomic E-state index is 0.0332. The van der Waals surface area contributed by atoms with Crippen LogP contribution in [0.4, 0.5) is 5.69 Å². The summed E-state index contributed by atoms with van der Waals surface area (Å²) in [4.78, 5) is 0. The third-order valence-corrected chi connectivity index (χ3v) is 4.08. The van der Waals surface area contributed by atoms with Gasteiger partial charge in [-0.25, -0.2) is 13.1 Å². The average Bonchev–Trinajstić information content (AvgIpc) is 3.10. The average molecular weight is 270 g/mol. The van der Waals surface area contributed by atoms with Crippen molar-refractivity contribution in [2.45, 2.75) is 12.8 Å². The Hall–Kier alpha value is -1.27. The van der Waals surface area contributed by atoms with Crippen molar-refractivity contribution in [1.29, 1.82) is 0 Å². The molecular weight excluding hydrogens is 252 g/mol. The predicted molar refractivity (Wildman–Crippen MR) is 70.9 cm³/mol. The molecule has 0 saturated heterocycles. The van der Waals surface area contributed by atoms with Crippen LogP contribution in [0.15, 0.2) is 24.3 Å². The number of ether oxygens (including phenoxy) is 1. The monoisotopic (exact) mass is 270 g/mol. The highest BCUT2D eigenvalue weighted by molar-refractivity contribution is 7.89. The van der Waals surface area contributed by atoms with Gasteiger partial charge in [0.05, 0.1) is 5.75 Å². The summed E-state index contributed by atoms with van der Waals surface area (Å²) in [6, 6.07) is 6.94. The molecule has 5 nitrogen and oxygen atoms in total. The van der Waals surface area contributed by atoms with Crippen LogP contribution in [-0.4, -0.2) is 27.3 Å². The Kier molecular flexibility index (Phi) is 4.08. The van der Waals surface area contributed by atoms with Gasteiger partial charge >= 0.3 is 0 Å². The summed E-state index contributed by atoms with van der Waals surface area (Å²) >= 11 is 0. The lowest BCUT2D eigenvalue weighted by molar-refractivity contribution is 0.340. The van der Waals surface area contributed by atoms with Gasteiger partial charge in [0.1, 0.15) is 12.4 Å². The maximum atomic E-state index is 11.6. The Bertz CT molecular complexity index is 498. The smallest absolute Gasteiger partial charge is 0.214 e. The molecule has 1 aromatic rings. The van der Waals surface area contributed by atoms with E-state index in [0.717, 1.165) is 12.8 Å². The first-order valence-electron chi connectivity index (χ1n) is 6.01. The van der Waals surface area contributed by atoms with E-state index in [2.05, 4.69) is 4.72 Å². The van der Waals surface area contributed by atoms with Crippen molar-refractivity contribution in [1.82, 2.24) is 4.72 Å². The Balaban J connectivity index is 1.73. The van der Waals surface area contributed by atoms with Gasteiger partial charge in [0, 0.05) is 18.3 Å². The molecule has 1 saturated carbocycles. The first-order valence-corrected chi connectivity index (χ1v) is 7.66. The molecule has 2 rings (SSSR count). The zero-order chi connectivity index (χ0) is 13.0. The largest absolute Gasteiger partial charge is 0.492 e. The SMILES string of the molecule is Nc1cccc(OCCS(=O)(=O)NCC2CC2)c1. The van der Waals surface area contributed by atoms with Gasteiger partial charge in [0.15, 0.2) is 0 Å². The number of benzene rings is 1. The van der Waals surface area contributed by atoms with E-state index in [1.807, 2.05) is 0 Å². The molecule has 0 heterocycles. The van der Waals surface area contributed by atoms with Crippen molar-refractivity contribution in [2.75, 3.05) is 24.6 Å². The van der Waals surface area contributed by atoms with Gasteiger partial charge in [-0.2, -0.15) is 0 Å². The maximum Gasteiger partial charge on any atom is 0.214 e. The zero-order valence-electron chi connectivity index (χ0n) is 10.1. The lowest BCUT2D eigenvalue weighted by Crippen LogP contribution is -2.30. The lowest BCUT2D eigenvalue weighted by Gasteiger charge is -2.08. The molecule has 1 fully saturated rings. The van der Waals surface area contributed by atoms with E-state index >= 15 is 0 Å². The number of hydrogen-bond donors (Lipinski definition) is 2. The summed E-state index contributed by atoms with van der Waals surface area (Å²) in [5.74, 6) is 1.09. The molecule has 1 aliphatic rings. The van der Waals surface area contributed by atoms with Gasteiger partial charge in [0.2, 0.25) is 10.0 Å². The normalized spacial score (nSPS) is 15.6. The molecule has 3 N–H and O–H groups in total. The van der Waals surface area contributed by atoms with Gasteiger partial charge in [-0.15, -0.1) is 0 Å². The standard InChI is InChI=1S/C12H18N2O3S/c13-11-2-1-3-12(8-11)17-6-7-18(15,16)14-9-10-4-5-10/h1-3,8,10,14H,4-7,9,13H2. The number of sulfonamides is 1. The summed E-state index contributed by atoms with van der Waals surface area (Å²) in [6.45, 7) is 0.685. The topological polar surface area (TPSA) is 81.4 Å². The Morgan fingerprint density at radius 1 is 1.39 bits per heavy atom. The number of nitrogens with one attached hydrogen (secondary N) is 1. The fraction of sp³-hybridized carbons (Fsp3) is 0.500. The van der Waals surface area contributed by atoms with Crippen LogP contribution in [0.2, 0.25) is 0 Å². The second kappa shape index (κ2) is 5.58. The highest BCUT2D eigenvalue weighted by Crippen LogP contribution is 2.27. The second-order valence-electron chi connectivity index (χ2n) is 4.53. The third-order valence-electron chi connectivity index (χ3n) is 2.77. The van der Waals surface area contributed by atoms with Crippen LogP contribution >= 0.6 is 0 Å². The molecule has 0 aromatic heterocycles. The van der Waals surface area contributed by atoms with Gasteiger partial charge in [-0.3, -0.25) is 0 Å². The zero-order valence-corrected chi connectivity index (χ0v) is 10.9. The second-order valence-corrected chi connectivity index (χ2v) is 6.46. The molecule has 0 aliphatic heterocycles. The first-order chi connectivity index (χ1) is 8.55. The van der Waals surface area contributed by atoms with E-state index in [0.29, 0.717) is 23.9 Å². The van der Waals surface area contributed by atoms with Gasteiger partial charge in [-0.05, 0) is 30.9 Å². The number of rotatable bonds is 7. The third kappa shape index (κ3) is 4.54. The molecule has 0 amide bonds.